The fourth-order valence-electron chi connectivity index (χ4n) is 4.61. The van der Waals surface area contributed by atoms with Crippen LogP contribution >= 0.6 is 11.6 Å². The molecule has 4 aromatic carbocycles. The van der Waals surface area contributed by atoms with Crippen LogP contribution in [0.3, 0.4) is 0 Å². The number of rotatable bonds is 11. The number of hydrogen-bond donors (Lipinski definition) is 1. The number of nitrogens with one attached hydrogen (secondary N) is 1. The Hall–Kier alpha value is -4.14. The van der Waals surface area contributed by atoms with E-state index in [9.17, 15) is 18.0 Å². The summed E-state index contributed by atoms with van der Waals surface area (Å²) in [5.74, 6) is -0.884. The van der Waals surface area contributed by atoms with Gasteiger partial charge in [-0.05, 0) is 55.3 Å². The number of carbonyl (C=O) groups excluding carboxylic acids is 2. The van der Waals surface area contributed by atoms with Crippen LogP contribution in [0.4, 0.5) is 5.69 Å². The number of aryl methyl sites for hydroxylation is 2. The van der Waals surface area contributed by atoms with Crippen LogP contribution in [0.1, 0.15) is 22.3 Å². The number of benzene rings is 4. The lowest BCUT2D eigenvalue weighted by Crippen LogP contribution is -2.53. The molecule has 1 atom stereocenters. The minimum atomic E-state index is -4.18. The summed E-state index contributed by atoms with van der Waals surface area (Å²) in [7, 11) is -2.66. The van der Waals surface area contributed by atoms with Crippen molar-refractivity contribution in [3.63, 3.8) is 0 Å². The van der Waals surface area contributed by atoms with Gasteiger partial charge in [0.2, 0.25) is 11.8 Å². The second-order valence-electron chi connectivity index (χ2n) is 10.1. The van der Waals surface area contributed by atoms with E-state index in [1.165, 1.54) is 30.1 Å². The fourth-order valence-corrected chi connectivity index (χ4v) is 6.20. The Morgan fingerprint density at radius 2 is 1.43 bits per heavy atom. The van der Waals surface area contributed by atoms with Gasteiger partial charge >= 0.3 is 0 Å². The third-order valence-electron chi connectivity index (χ3n) is 6.98. The second kappa shape index (κ2) is 13.7. The molecule has 0 aromatic heterocycles. The number of nitrogens with zero attached hydrogens (tertiary/aromatic N) is 2. The van der Waals surface area contributed by atoms with Gasteiger partial charge in [-0.1, -0.05) is 95.5 Å². The minimum Gasteiger partial charge on any atom is -0.357 e. The minimum absolute atomic E-state index is 0.0399. The molecule has 0 aliphatic heterocycles. The lowest BCUT2D eigenvalue weighted by atomic mass is 10.0. The zero-order chi connectivity index (χ0) is 30.3. The zero-order valence-corrected chi connectivity index (χ0v) is 25.4. The number of sulfonamides is 1. The molecule has 218 valence electrons. The van der Waals surface area contributed by atoms with E-state index in [4.69, 9.17) is 11.6 Å². The largest absolute Gasteiger partial charge is 0.357 e. The van der Waals surface area contributed by atoms with Crippen molar-refractivity contribution in [2.75, 3.05) is 17.9 Å². The molecule has 0 fully saturated rings. The van der Waals surface area contributed by atoms with Gasteiger partial charge in [-0.2, -0.15) is 0 Å². The monoisotopic (exact) mass is 603 g/mol. The standard InChI is InChI=1S/C33H34ClN3O4S/c1-24-12-16-27(17-13-24)22-36(31(33(39)35-3)20-26-8-5-4-6-9-26)32(38)23-37(29-11-7-10-28(34)21-29)42(40,41)30-18-14-25(2)15-19-30/h4-19,21,31H,20,22-23H2,1-3H3,(H,35,39)/t31-/m1/s1. The first kappa shape index (κ1) is 30.8. The number of halogens is 1. The van der Waals surface area contributed by atoms with Gasteiger partial charge in [-0.3, -0.25) is 13.9 Å². The Labute approximate surface area is 252 Å². The Balaban J connectivity index is 1.78. The molecule has 0 bridgehead atoms. The summed E-state index contributed by atoms with van der Waals surface area (Å²) >= 11 is 6.26. The van der Waals surface area contributed by atoms with E-state index in [-0.39, 0.29) is 29.5 Å². The number of carbonyl (C=O) groups is 2. The third-order valence-corrected chi connectivity index (χ3v) is 9.00. The van der Waals surface area contributed by atoms with Crippen molar-refractivity contribution in [2.24, 2.45) is 0 Å². The van der Waals surface area contributed by atoms with E-state index in [2.05, 4.69) is 5.32 Å². The maximum Gasteiger partial charge on any atom is 0.264 e. The number of hydrogen-bond acceptors (Lipinski definition) is 4. The number of likely N-dealkylation sites (N-methyl/N-ethyl adjacent to an activating group) is 1. The average molecular weight is 604 g/mol. The van der Waals surface area contributed by atoms with Crippen molar-refractivity contribution >= 4 is 39.1 Å². The van der Waals surface area contributed by atoms with Gasteiger partial charge < -0.3 is 10.2 Å². The second-order valence-corrected chi connectivity index (χ2v) is 12.4. The van der Waals surface area contributed by atoms with Crippen LogP contribution in [-0.4, -0.2) is 44.8 Å². The zero-order valence-electron chi connectivity index (χ0n) is 23.8. The molecule has 0 spiro atoms. The van der Waals surface area contributed by atoms with Gasteiger partial charge in [-0.15, -0.1) is 0 Å². The molecule has 42 heavy (non-hydrogen) atoms. The van der Waals surface area contributed by atoms with Crippen molar-refractivity contribution in [3.8, 4) is 0 Å². The molecule has 0 saturated carbocycles. The maximum absolute atomic E-state index is 14.3. The highest BCUT2D eigenvalue weighted by Crippen LogP contribution is 2.27. The highest BCUT2D eigenvalue weighted by Gasteiger charge is 2.34. The molecular weight excluding hydrogens is 570 g/mol. The molecule has 2 amide bonds. The predicted molar refractivity (Wildman–Crippen MR) is 167 cm³/mol. The van der Waals surface area contributed by atoms with Crippen LogP contribution in [0.2, 0.25) is 5.02 Å². The first-order valence-electron chi connectivity index (χ1n) is 13.5. The van der Waals surface area contributed by atoms with Gasteiger partial charge in [0.05, 0.1) is 10.6 Å². The van der Waals surface area contributed by atoms with Gasteiger partial charge in [0.1, 0.15) is 12.6 Å². The predicted octanol–water partition coefficient (Wildman–Crippen LogP) is 5.54. The Morgan fingerprint density at radius 3 is 2.02 bits per heavy atom. The Bertz CT molecular complexity index is 1630. The average Bonchev–Trinajstić information content (AvgIpc) is 2.98. The van der Waals surface area contributed by atoms with E-state index in [1.54, 1.807) is 30.3 Å². The van der Waals surface area contributed by atoms with Crippen molar-refractivity contribution < 1.29 is 18.0 Å². The molecule has 4 rings (SSSR count). The summed E-state index contributed by atoms with van der Waals surface area (Å²) in [4.78, 5) is 29.1. The third kappa shape index (κ3) is 7.57. The van der Waals surface area contributed by atoms with Crippen LogP contribution in [0, 0.1) is 13.8 Å². The summed E-state index contributed by atoms with van der Waals surface area (Å²) < 4.78 is 29.0. The first-order valence-corrected chi connectivity index (χ1v) is 15.4. The smallest absolute Gasteiger partial charge is 0.264 e. The lowest BCUT2D eigenvalue weighted by Gasteiger charge is -2.33. The lowest BCUT2D eigenvalue weighted by molar-refractivity contribution is -0.139. The maximum atomic E-state index is 14.3. The fraction of sp³-hybridized carbons (Fsp3) is 0.212. The van der Waals surface area contributed by atoms with E-state index >= 15 is 0 Å². The first-order chi connectivity index (χ1) is 20.1. The van der Waals surface area contributed by atoms with Crippen molar-refractivity contribution in [1.82, 2.24) is 10.2 Å². The van der Waals surface area contributed by atoms with E-state index in [0.29, 0.717) is 5.02 Å². The summed E-state index contributed by atoms with van der Waals surface area (Å²) in [5, 5.41) is 3.01. The van der Waals surface area contributed by atoms with Crippen molar-refractivity contribution in [2.45, 2.75) is 37.8 Å². The van der Waals surface area contributed by atoms with Gasteiger partial charge in [0.15, 0.2) is 0 Å². The molecule has 0 heterocycles. The molecule has 0 saturated heterocycles. The molecule has 0 aliphatic rings. The topological polar surface area (TPSA) is 86.8 Å². The molecule has 0 radical (unpaired) electrons. The summed E-state index contributed by atoms with van der Waals surface area (Å²) in [6, 6.07) is 29.0. The van der Waals surface area contributed by atoms with Gasteiger partial charge in [0, 0.05) is 25.0 Å². The van der Waals surface area contributed by atoms with Crippen LogP contribution in [0.5, 0.6) is 0 Å². The van der Waals surface area contributed by atoms with Gasteiger partial charge in [-0.25, -0.2) is 8.42 Å². The summed E-state index contributed by atoms with van der Waals surface area (Å²) in [5.41, 5.74) is 3.88. The number of anilines is 1. The van der Waals surface area contributed by atoms with Gasteiger partial charge in [0.25, 0.3) is 10.0 Å². The van der Waals surface area contributed by atoms with E-state index in [0.717, 1.165) is 26.6 Å². The highest BCUT2D eigenvalue weighted by atomic mass is 35.5. The molecule has 7 nitrogen and oxygen atoms in total. The molecule has 0 unspecified atom stereocenters. The summed E-state index contributed by atoms with van der Waals surface area (Å²) in [6.45, 7) is 3.40. The molecule has 9 heteroatoms. The van der Waals surface area contributed by atoms with E-state index in [1.807, 2.05) is 68.4 Å². The Morgan fingerprint density at radius 1 is 0.810 bits per heavy atom. The van der Waals surface area contributed by atoms with Crippen LogP contribution in [-0.2, 0) is 32.6 Å². The van der Waals surface area contributed by atoms with Crippen LogP contribution < -0.4 is 9.62 Å². The molecule has 0 aliphatic carbocycles. The van der Waals surface area contributed by atoms with Crippen molar-refractivity contribution in [1.29, 1.82) is 0 Å². The normalized spacial score (nSPS) is 11.9. The molecule has 1 N–H and O–H groups in total. The van der Waals surface area contributed by atoms with Crippen LogP contribution in [0.15, 0.2) is 108 Å². The summed E-state index contributed by atoms with van der Waals surface area (Å²) in [6.07, 6.45) is 0.250. The highest BCUT2D eigenvalue weighted by molar-refractivity contribution is 7.92. The van der Waals surface area contributed by atoms with Crippen LogP contribution in [0.25, 0.3) is 0 Å². The molecular formula is C33H34ClN3O4S. The SMILES string of the molecule is CNC(=O)[C@@H](Cc1ccccc1)N(Cc1ccc(C)cc1)C(=O)CN(c1cccc(Cl)c1)S(=O)(=O)c1ccc(C)cc1. The number of amides is 2. The quantitative estimate of drug-likeness (QED) is 0.244. The van der Waals surface area contributed by atoms with Crippen molar-refractivity contribution in [3.05, 3.63) is 130 Å². The molecule has 4 aromatic rings. The van der Waals surface area contributed by atoms with E-state index < -0.39 is 28.5 Å². The Kier molecular flexibility index (Phi) is 10.0.